The Labute approximate surface area is 253 Å². The first kappa shape index (κ1) is 24.1. The predicted molar refractivity (Wildman–Crippen MR) is 173 cm³/mol. The molecule has 2 aliphatic carbocycles. The second-order valence-corrected chi connectivity index (χ2v) is 13.9. The van der Waals surface area contributed by atoms with Crippen LogP contribution in [0.4, 0.5) is 0 Å². The van der Waals surface area contributed by atoms with E-state index in [0.717, 1.165) is 17.9 Å². The summed E-state index contributed by atoms with van der Waals surface area (Å²) in [4.78, 5) is 2.48. The summed E-state index contributed by atoms with van der Waals surface area (Å²) in [5.41, 5.74) is 12.7. The summed E-state index contributed by atoms with van der Waals surface area (Å²) in [6.45, 7) is 0. The van der Waals surface area contributed by atoms with E-state index in [1.165, 1.54) is 65.4 Å². The summed E-state index contributed by atoms with van der Waals surface area (Å²) in [7, 11) is 0. The summed E-state index contributed by atoms with van der Waals surface area (Å²) < 4.78 is 4.38. The topological polar surface area (TPSA) is 0 Å². The second kappa shape index (κ2) is 9.32. The van der Waals surface area contributed by atoms with E-state index in [1.807, 2.05) is 11.3 Å². The fourth-order valence-corrected chi connectivity index (χ4v) is 7.65. The number of hydrogen-bond acceptors (Lipinski definition) is 1. The number of rotatable bonds is 2. The minimum absolute atomic E-state index is 1.09. The van der Waals surface area contributed by atoms with Gasteiger partial charge in [0.1, 0.15) is 0 Å². The number of halogens is 4. The van der Waals surface area contributed by atoms with Gasteiger partial charge in [0.15, 0.2) is 0 Å². The molecule has 0 N–H and O–H groups in total. The standard InChI is InChI=1S/C32H16Br4S/c33-17-1-7-23-24-8-2-18(34)12-28(24)31(27(23)11-17)15-21-5-6-22(37-21)16-32-29-13-19(35)3-9-25(29)26-10-4-20(36)14-30(26)32/h1-16H. The quantitative estimate of drug-likeness (QED) is 0.165. The summed E-state index contributed by atoms with van der Waals surface area (Å²) in [6, 6.07) is 30.7. The summed E-state index contributed by atoms with van der Waals surface area (Å²) in [5, 5.41) is 0. The molecule has 37 heavy (non-hydrogen) atoms. The van der Waals surface area contributed by atoms with E-state index in [4.69, 9.17) is 0 Å². The minimum Gasteiger partial charge on any atom is -0.136 e. The van der Waals surface area contributed by atoms with Crippen molar-refractivity contribution in [2.75, 3.05) is 0 Å². The lowest BCUT2D eigenvalue weighted by atomic mass is 10.0. The molecule has 7 rings (SSSR count). The zero-order chi connectivity index (χ0) is 25.3. The van der Waals surface area contributed by atoms with Crippen molar-refractivity contribution in [3.63, 3.8) is 0 Å². The van der Waals surface area contributed by atoms with Crippen LogP contribution >= 0.6 is 75.1 Å². The Morgan fingerprint density at radius 3 is 0.973 bits per heavy atom. The molecule has 0 saturated carbocycles. The molecule has 0 spiro atoms. The van der Waals surface area contributed by atoms with Gasteiger partial charge >= 0.3 is 0 Å². The molecule has 0 saturated heterocycles. The van der Waals surface area contributed by atoms with Gasteiger partial charge in [0.2, 0.25) is 0 Å². The summed E-state index contributed by atoms with van der Waals surface area (Å²) in [5.74, 6) is 0. The minimum atomic E-state index is 1.09. The summed E-state index contributed by atoms with van der Waals surface area (Å²) in [6.07, 6.45) is 4.67. The molecule has 0 nitrogen and oxygen atoms in total. The maximum atomic E-state index is 3.68. The Morgan fingerprint density at radius 2 is 0.676 bits per heavy atom. The SMILES string of the molecule is Brc1ccc2c(c1)C(=Cc1ccc(C=C3c4cc(Br)ccc4-c4ccc(Br)cc43)s1)c1cc(Br)ccc1-2. The maximum absolute atomic E-state index is 3.68. The maximum Gasteiger partial charge on any atom is 0.0283 e. The first-order valence-corrected chi connectivity index (χ1v) is 15.7. The molecule has 1 aromatic heterocycles. The van der Waals surface area contributed by atoms with Gasteiger partial charge in [-0.2, -0.15) is 0 Å². The van der Waals surface area contributed by atoms with Crippen molar-refractivity contribution >= 4 is 98.4 Å². The third kappa shape index (κ3) is 4.20. The summed E-state index contributed by atoms with van der Waals surface area (Å²) >= 11 is 16.5. The molecule has 1 heterocycles. The van der Waals surface area contributed by atoms with E-state index in [2.05, 4.69) is 161 Å². The van der Waals surface area contributed by atoms with Gasteiger partial charge in [-0.1, -0.05) is 88.0 Å². The normalized spacial score (nSPS) is 12.8. The number of thiophene rings is 1. The lowest BCUT2D eigenvalue weighted by Crippen LogP contribution is -1.82. The van der Waals surface area contributed by atoms with Crippen LogP contribution in [0.1, 0.15) is 32.0 Å². The van der Waals surface area contributed by atoms with Gasteiger partial charge in [0.05, 0.1) is 0 Å². The first-order chi connectivity index (χ1) is 17.9. The zero-order valence-corrected chi connectivity index (χ0v) is 26.3. The molecular weight excluding hydrogens is 736 g/mol. The van der Waals surface area contributed by atoms with E-state index >= 15 is 0 Å². The van der Waals surface area contributed by atoms with Gasteiger partial charge in [-0.3, -0.25) is 0 Å². The van der Waals surface area contributed by atoms with E-state index in [9.17, 15) is 0 Å². The van der Waals surface area contributed by atoms with Gasteiger partial charge in [0.25, 0.3) is 0 Å². The van der Waals surface area contributed by atoms with Gasteiger partial charge < -0.3 is 0 Å². The monoisotopic (exact) mass is 748 g/mol. The van der Waals surface area contributed by atoms with Gasteiger partial charge in [0, 0.05) is 27.6 Å². The lowest BCUT2D eigenvalue weighted by Gasteiger charge is -2.04. The van der Waals surface area contributed by atoms with Crippen molar-refractivity contribution in [2.45, 2.75) is 0 Å². The Kier molecular flexibility index (Phi) is 6.06. The largest absolute Gasteiger partial charge is 0.136 e. The predicted octanol–water partition coefficient (Wildman–Crippen LogP) is 11.9. The first-order valence-electron chi connectivity index (χ1n) is 11.7. The van der Waals surface area contributed by atoms with Crippen LogP contribution < -0.4 is 0 Å². The molecule has 0 atom stereocenters. The molecule has 0 radical (unpaired) electrons. The van der Waals surface area contributed by atoms with E-state index in [0.29, 0.717) is 0 Å². The van der Waals surface area contributed by atoms with Gasteiger partial charge in [-0.05, 0) is 128 Å². The van der Waals surface area contributed by atoms with Crippen LogP contribution in [0, 0.1) is 0 Å². The van der Waals surface area contributed by atoms with Crippen LogP contribution in [0.3, 0.4) is 0 Å². The number of hydrogen-bond donors (Lipinski definition) is 0. The fourth-order valence-electron chi connectivity index (χ4n) is 5.31. The Balaban J connectivity index is 1.34. The molecular formula is C32H16Br4S. The lowest BCUT2D eigenvalue weighted by molar-refractivity contribution is 1.60. The van der Waals surface area contributed by atoms with Gasteiger partial charge in [-0.15, -0.1) is 11.3 Å². The van der Waals surface area contributed by atoms with Crippen molar-refractivity contribution in [2.24, 2.45) is 0 Å². The highest BCUT2D eigenvalue weighted by Gasteiger charge is 2.25. The third-order valence-electron chi connectivity index (χ3n) is 6.89. The highest BCUT2D eigenvalue weighted by Crippen LogP contribution is 2.49. The molecule has 0 amide bonds. The molecule has 2 aliphatic rings. The highest BCUT2D eigenvalue weighted by atomic mass is 79.9. The van der Waals surface area contributed by atoms with Crippen LogP contribution in [0.15, 0.2) is 103 Å². The van der Waals surface area contributed by atoms with Crippen molar-refractivity contribution in [3.05, 3.63) is 135 Å². The second-order valence-electron chi connectivity index (χ2n) is 9.12. The van der Waals surface area contributed by atoms with E-state index in [-0.39, 0.29) is 0 Å². The van der Waals surface area contributed by atoms with Crippen LogP contribution in [-0.2, 0) is 0 Å². The molecule has 5 aromatic rings. The highest BCUT2D eigenvalue weighted by molar-refractivity contribution is 9.11. The Bertz CT molecular complexity index is 1580. The molecule has 0 bridgehead atoms. The van der Waals surface area contributed by atoms with Crippen molar-refractivity contribution in [1.82, 2.24) is 0 Å². The van der Waals surface area contributed by atoms with Crippen molar-refractivity contribution < 1.29 is 0 Å². The molecule has 0 aliphatic heterocycles. The van der Waals surface area contributed by atoms with E-state index in [1.54, 1.807) is 0 Å². The van der Waals surface area contributed by atoms with Gasteiger partial charge in [-0.25, -0.2) is 0 Å². The third-order valence-corrected chi connectivity index (χ3v) is 9.84. The molecule has 178 valence electrons. The average Bonchev–Trinajstić information content (AvgIpc) is 3.53. The van der Waals surface area contributed by atoms with Crippen molar-refractivity contribution in [1.29, 1.82) is 0 Å². The molecule has 5 heteroatoms. The molecule has 0 fully saturated rings. The van der Waals surface area contributed by atoms with E-state index < -0.39 is 0 Å². The number of fused-ring (bicyclic) bond motifs is 6. The van der Waals surface area contributed by atoms with Crippen LogP contribution in [-0.4, -0.2) is 0 Å². The smallest absolute Gasteiger partial charge is 0.0283 e. The average molecular weight is 752 g/mol. The van der Waals surface area contributed by atoms with Crippen molar-refractivity contribution in [3.8, 4) is 22.3 Å². The zero-order valence-electron chi connectivity index (χ0n) is 19.2. The van der Waals surface area contributed by atoms with Crippen LogP contribution in [0.5, 0.6) is 0 Å². The molecule has 0 unspecified atom stereocenters. The Hall–Kier alpha value is -2.02. The number of benzene rings is 4. The Morgan fingerprint density at radius 1 is 0.378 bits per heavy atom. The van der Waals surface area contributed by atoms with Crippen LogP contribution in [0.25, 0.3) is 45.6 Å². The fraction of sp³-hybridized carbons (Fsp3) is 0. The van der Waals surface area contributed by atoms with Crippen LogP contribution in [0.2, 0.25) is 0 Å². The molecule has 4 aromatic carbocycles.